The predicted molar refractivity (Wildman–Crippen MR) is 93.0 cm³/mol. The lowest BCUT2D eigenvalue weighted by Crippen LogP contribution is -2.46. The fourth-order valence-electron chi connectivity index (χ4n) is 4.35. The Labute approximate surface area is 143 Å². The summed E-state index contributed by atoms with van der Waals surface area (Å²) in [6.45, 7) is 8.14. The highest BCUT2D eigenvalue weighted by atomic mass is 16.5. The summed E-state index contributed by atoms with van der Waals surface area (Å²) in [6.07, 6.45) is 5.39. The first-order valence-electron chi connectivity index (χ1n) is 8.73. The van der Waals surface area contributed by atoms with E-state index in [0.717, 1.165) is 19.3 Å². The van der Waals surface area contributed by atoms with Crippen molar-refractivity contribution >= 4 is 5.97 Å². The molecule has 2 aliphatic rings. The van der Waals surface area contributed by atoms with Crippen LogP contribution in [-0.4, -0.2) is 21.8 Å². The first-order valence-corrected chi connectivity index (χ1v) is 8.73. The molecule has 0 unspecified atom stereocenters. The van der Waals surface area contributed by atoms with E-state index in [1.165, 1.54) is 5.57 Å². The zero-order valence-electron chi connectivity index (χ0n) is 14.8. The van der Waals surface area contributed by atoms with Crippen LogP contribution >= 0.6 is 0 Å². The number of phenolic OH excluding ortho intramolecular Hbond substituents is 1. The van der Waals surface area contributed by atoms with Gasteiger partial charge in [-0.15, -0.1) is 0 Å². The van der Waals surface area contributed by atoms with Crippen molar-refractivity contribution in [2.75, 3.05) is 0 Å². The summed E-state index contributed by atoms with van der Waals surface area (Å²) in [5.41, 5.74) is 2.39. The second-order valence-corrected chi connectivity index (χ2v) is 7.64. The fourth-order valence-corrected chi connectivity index (χ4v) is 4.35. The quantitative estimate of drug-likeness (QED) is 0.791. The highest BCUT2D eigenvalue weighted by molar-refractivity contribution is 5.94. The van der Waals surface area contributed by atoms with Crippen molar-refractivity contribution in [1.82, 2.24) is 0 Å². The molecular formula is C20H26O4. The number of hydrogen-bond donors (Lipinski definition) is 2. The summed E-state index contributed by atoms with van der Waals surface area (Å²) < 4.78 is 6.21. The zero-order valence-corrected chi connectivity index (χ0v) is 14.8. The molecule has 4 nitrogen and oxygen atoms in total. The molecule has 1 heterocycles. The number of phenols is 1. The third-order valence-electron chi connectivity index (χ3n) is 5.49. The van der Waals surface area contributed by atoms with Crippen LogP contribution in [-0.2, 0) is 6.42 Å². The first kappa shape index (κ1) is 16.9. The summed E-state index contributed by atoms with van der Waals surface area (Å²) in [5, 5.41) is 20.5. The van der Waals surface area contributed by atoms with E-state index in [2.05, 4.69) is 13.0 Å². The molecule has 0 fully saturated rings. The van der Waals surface area contributed by atoms with E-state index in [0.29, 0.717) is 23.3 Å². The fraction of sp³-hybridized carbons (Fsp3) is 0.550. The molecule has 0 amide bonds. The maximum atomic E-state index is 11.9. The van der Waals surface area contributed by atoms with Gasteiger partial charge in [-0.3, -0.25) is 0 Å². The van der Waals surface area contributed by atoms with Gasteiger partial charge < -0.3 is 14.9 Å². The van der Waals surface area contributed by atoms with Crippen LogP contribution in [0, 0.1) is 5.92 Å². The van der Waals surface area contributed by atoms with Crippen LogP contribution < -0.4 is 4.74 Å². The van der Waals surface area contributed by atoms with Gasteiger partial charge in [0.25, 0.3) is 0 Å². The Morgan fingerprint density at radius 1 is 1.42 bits per heavy atom. The van der Waals surface area contributed by atoms with Gasteiger partial charge in [-0.25, -0.2) is 4.79 Å². The molecule has 0 saturated carbocycles. The van der Waals surface area contributed by atoms with Crippen LogP contribution in [0.1, 0.15) is 74.4 Å². The Hall–Kier alpha value is -1.97. The summed E-state index contributed by atoms with van der Waals surface area (Å²) in [6, 6.07) is 1.64. The minimum Gasteiger partial charge on any atom is -0.508 e. The lowest BCUT2D eigenvalue weighted by atomic mass is 9.66. The van der Waals surface area contributed by atoms with Gasteiger partial charge in [-0.05, 0) is 51.7 Å². The summed E-state index contributed by atoms with van der Waals surface area (Å²) in [7, 11) is 0. The highest BCUT2D eigenvalue weighted by Crippen LogP contribution is 2.55. The SMILES string of the molecule is CCCc1cc(O)c2c(c1C(=O)O)OC(C)(C)[C@@H]1CC=C(C)C[C@@H]21. The van der Waals surface area contributed by atoms with E-state index in [9.17, 15) is 15.0 Å². The molecule has 1 aromatic rings. The van der Waals surface area contributed by atoms with E-state index in [-0.39, 0.29) is 23.1 Å². The number of aryl methyl sites for hydroxylation is 1. The smallest absolute Gasteiger partial charge is 0.339 e. The number of carboxylic acids is 1. The Balaban J connectivity index is 2.26. The van der Waals surface area contributed by atoms with E-state index < -0.39 is 11.6 Å². The van der Waals surface area contributed by atoms with Crippen LogP contribution in [0.15, 0.2) is 17.7 Å². The Morgan fingerprint density at radius 3 is 2.75 bits per heavy atom. The molecule has 0 saturated heterocycles. The third kappa shape index (κ3) is 2.58. The molecule has 1 aromatic carbocycles. The van der Waals surface area contributed by atoms with E-state index in [4.69, 9.17) is 4.74 Å². The lowest BCUT2D eigenvalue weighted by molar-refractivity contribution is 0.00606. The number of carbonyl (C=O) groups is 1. The third-order valence-corrected chi connectivity index (χ3v) is 5.49. The van der Waals surface area contributed by atoms with Crippen molar-refractivity contribution in [1.29, 1.82) is 0 Å². The lowest BCUT2D eigenvalue weighted by Gasteiger charge is -2.47. The average molecular weight is 330 g/mol. The van der Waals surface area contributed by atoms with Gasteiger partial charge in [0.2, 0.25) is 0 Å². The summed E-state index contributed by atoms with van der Waals surface area (Å²) >= 11 is 0. The largest absolute Gasteiger partial charge is 0.508 e. The van der Waals surface area contributed by atoms with Gasteiger partial charge in [-0.1, -0.05) is 25.0 Å². The summed E-state index contributed by atoms with van der Waals surface area (Å²) in [5.74, 6) is -0.0848. The van der Waals surface area contributed by atoms with Gasteiger partial charge in [0.1, 0.15) is 22.7 Å². The maximum Gasteiger partial charge on any atom is 0.339 e. The number of rotatable bonds is 3. The van der Waals surface area contributed by atoms with Crippen molar-refractivity contribution < 1.29 is 19.7 Å². The monoisotopic (exact) mass is 330 g/mol. The maximum absolute atomic E-state index is 11.9. The van der Waals surface area contributed by atoms with Gasteiger partial charge in [0.05, 0.1) is 0 Å². The standard InChI is InChI=1S/C20H26O4/c1-5-6-12-10-15(21)17-13-9-11(2)7-8-14(13)20(3,4)24-18(17)16(12)19(22)23/h7,10,13-14,21H,5-6,8-9H2,1-4H3,(H,22,23)/t13-,14-/m1/s1. The molecule has 0 aromatic heterocycles. The molecule has 2 atom stereocenters. The molecule has 1 aliphatic heterocycles. The Bertz CT molecular complexity index is 715. The second-order valence-electron chi connectivity index (χ2n) is 7.64. The number of allylic oxidation sites excluding steroid dienone is 2. The average Bonchev–Trinajstić information content (AvgIpc) is 2.45. The van der Waals surface area contributed by atoms with Crippen molar-refractivity contribution in [3.8, 4) is 11.5 Å². The minimum absolute atomic E-state index is 0.0996. The van der Waals surface area contributed by atoms with Crippen LogP contribution in [0.25, 0.3) is 0 Å². The topological polar surface area (TPSA) is 66.8 Å². The van der Waals surface area contributed by atoms with Gasteiger partial charge in [0, 0.05) is 17.4 Å². The first-order chi connectivity index (χ1) is 11.3. The van der Waals surface area contributed by atoms with Crippen molar-refractivity contribution in [2.45, 2.75) is 64.9 Å². The minimum atomic E-state index is -0.980. The second kappa shape index (κ2) is 5.83. The normalized spacial score (nSPS) is 24.4. The number of aromatic carboxylic acids is 1. The molecule has 3 rings (SSSR count). The Morgan fingerprint density at radius 2 is 2.12 bits per heavy atom. The van der Waals surface area contributed by atoms with Crippen LogP contribution in [0.4, 0.5) is 0 Å². The molecule has 24 heavy (non-hydrogen) atoms. The predicted octanol–water partition coefficient (Wildman–Crippen LogP) is 4.65. The molecule has 0 spiro atoms. The zero-order chi connectivity index (χ0) is 17.6. The molecular weight excluding hydrogens is 304 g/mol. The summed E-state index contributed by atoms with van der Waals surface area (Å²) in [4.78, 5) is 11.9. The van der Waals surface area contributed by atoms with E-state index in [1.807, 2.05) is 20.8 Å². The van der Waals surface area contributed by atoms with E-state index >= 15 is 0 Å². The number of carboxylic acid groups (broad SMARTS) is 1. The van der Waals surface area contributed by atoms with Crippen LogP contribution in [0.2, 0.25) is 0 Å². The van der Waals surface area contributed by atoms with Crippen LogP contribution in [0.3, 0.4) is 0 Å². The number of fused-ring (bicyclic) bond motifs is 3. The van der Waals surface area contributed by atoms with Gasteiger partial charge in [0.15, 0.2) is 0 Å². The number of ether oxygens (including phenoxy) is 1. The van der Waals surface area contributed by atoms with Gasteiger partial charge >= 0.3 is 5.97 Å². The van der Waals surface area contributed by atoms with Crippen LogP contribution in [0.5, 0.6) is 11.5 Å². The van der Waals surface area contributed by atoms with Crippen molar-refractivity contribution in [3.63, 3.8) is 0 Å². The molecule has 4 heteroatoms. The highest BCUT2D eigenvalue weighted by Gasteiger charge is 2.47. The number of aromatic hydroxyl groups is 1. The molecule has 0 bridgehead atoms. The molecule has 1 aliphatic carbocycles. The van der Waals surface area contributed by atoms with Gasteiger partial charge in [-0.2, -0.15) is 0 Å². The molecule has 0 radical (unpaired) electrons. The van der Waals surface area contributed by atoms with Crippen molar-refractivity contribution in [2.24, 2.45) is 5.92 Å². The van der Waals surface area contributed by atoms with E-state index in [1.54, 1.807) is 6.07 Å². The number of hydrogen-bond acceptors (Lipinski definition) is 3. The number of benzene rings is 1. The molecule has 130 valence electrons. The Kier molecular flexibility index (Phi) is 4.10. The van der Waals surface area contributed by atoms with Crippen molar-refractivity contribution in [3.05, 3.63) is 34.4 Å². The molecule has 2 N–H and O–H groups in total.